The SMILES string of the molecule is CC1(C)Cc2nc(-c3ccncc3)ncc2[C@H](NC(=O)[C@@H]2CCCO2)C1. The van der Waals surface area contributed by atoms with Gasteiger partial charge in [-0.05, 0) is 43.2 Å². The maximum absolute atomic E-state index is 12.5. The zero-order chi connectivity index (χ0) is 18.1. The number of hydrogen-bond donors (Lipinski definition) is 1. The van der Waals surface area contributed by atoms with E-state index in [0.717, 1.165) is 42.5 Å². The minimum Gasteiger partial charge on any atom is -0.368 e. The number of aromatic nitrogens is 3. The van der Waals surface area contributed by atoms with E-state index >= 15 is 0 Å². The molecule has 0 radical (unpaired) electrons. The van der Waals surface area contributed by atoms with Gasteiger partial charge in [-0.25, -0.2) is 9.97 Å². The highest BCUT2D eigenvalue weighted by molar-refractivity contribution is 5.81. The molecule has 4 rings (SSSR count). The molecule has 2 atom stereocenters. The summed E-state index contributed by atoms with van der Waals surface area (Å²) in [6.45, 7) is 5.11. The van der Waals surface area contributed by atoms with Crippen molar-refractivity contribution in [2.45, 2.75) is 51.7 Å². The van der Waals surface area contributed by atoms with Gasteiger partial charge in [0.05, 0.1) is 11.7 Å². The molecule has 6 nitrogen and oxygen atoms in total. The second-order valence-corrected chi connectivity index (χ2v) is 7.94. The van der Waals surface area contributed by atoms with Gasteiger partial charge in [0.25, 0.3) is 0 Å². The number of carbonyl (C=O) groups is 1. The highest BCUT2D eigenvalue weighted by atomic mass is 16.5. The zero-order valence-corrected chi connectivity index (χ0v) is 15.2. The van der Waals surface area contributed by atoms with Crippen LogP contribution >= 0.6 is 0 Å². The molecule has 1 fully saturated rings. The number of amides is 1. The van der Waals surface area contributed by atoms with Crippen LogP contribution in [0.2, 0.25) is 0 Å². The highest BCUT2D eigenvalue weighted by Gasteiger charge is 2.36. The molecule has 1 N–H and O–H groups in total. The van der Waals surface area contributed by atoms with Crippen LogP contribution < -0.4 is 5.32 Å². The second-order valence-electron chi connectivity index (χ2n) is 7.94. The average Bonchev–Trinajstić information content (AvgIpc) is 3.16. The fourth-order valence-corrected chi connectivity index (χ4v) is 3.87. The molecule has 26 heavy (non-hydrogen) atoms. The number of ether oxygens (including phenoxy) is 1. The molecule has 1 aliphatic heterocycles. The fourth-order valence-electron chi connectivity index (χ4n) is 3.87. The lowest BCUT2D eigenvalue weighted by molar-refractivity contribution is -0.131. The standard InChI is InChI=1S/C20H24N4O2/c1-20(2)10-15-14(12-22-18(23-15)13-5-7-21-8-6-13)16(11-20)24-19(25)17-4-3-9-26-17/h5-8,12,16-17H,3-4,9-11H2,1-2H3,(H,24,25)/t16-,17+/m1/s1. The zero-order valence-electron chi connectivity index (χ0n) is 15.2. The monoisotopic (exact) mass is 352 g/mol. The van der Waals surface area contributed by atoms with E-state index in [4.69, 9.17) is 9.72 Å². The van der Waals surface area contributed by atoms with Crippen molar-refractivity contribution in [1.82, 2.24) is 20.3 Å². The maximum Gasteiger partial charge on any atom is 0.249 e. The summed E-state index contributed by atoms with van der Waals surface area (Å²) in [6.07, 6.45) is 8.52. The molecule has 0 unspecified atom stereocenters. The molecule has 1 saturated heterocycles. The molecule has 3 heterocycles. The number of pyridine rings is 1. The van der Waals surface area contributed by atoms with Crippen molar-refractivity contribution in [3.8, 4) is 11.4 Å². The molecule has 2 aromatic rings. The van der Waals surface area contributed by atoms with Crippen LogP contribution in [0.3, 0.4) is 0 Å². The van der Waals surface area contributed by atoms with E-state index in [1.54, 1.807) is 12.4 Å². The number of fused-ring (bicyclic) bond motifs is 1. The van der Waals surface area contributed by atoms with E-state index < -0.39 is 0 Å². The van der Waals surface area contributed by atoms with Gasteiger partial charge in [-0.2, -0.15) is 0 Å². The van der Waals surface area contributed by atoms with Crippen LogP contribution in [0, 0.1) is 5.41 Å². The predicted octanol–water partition coefficient (Wildman–Crippen LogP) is 2.85. The fraction of sp³-hybridized carbons (Fsp3) is 0.500. The van der Waals surface area contributed by atoms with Gasteiger partial charge < -0.3 is 10.1 Å². The Hall–Kier alpha value is -2.34. The van der Waals surface area contributed by atoms with Gasteiger partial charge in [-0.15, -0.1) is 0 Å². The minimum atomic E-state index is -0.319. The molecule has 2 aliphatic rings. The van der Waals surface area contributed by atoms with Gasteiger partial charge in [0.15, 0.2) is 5.82 Å². The first kappa shape index (κ1) is 17.1. The molecule has 0 aromatic carbocycles. The third kappa shape index (κ3) is 3.46. The van der Waals surface area contributed by atoms with Gasteiger partial charge in [0.1, 0.15) is 6.10 Å². The number of hydrogen-bond acceptors (Lipinski definition) is 5. The normalized spacial score (nSPS) is 24.1. The van der Waals surface area contributed by atoms with Gasteiger partial charge in [0.2, 0.25) is 5.91 Å². The third-order valence-electron chi connectivity index (χ3n) is 5.16. The largest absolute Gasteiger partial charge is 0.368 e. The number of nitrogens with one attached hydrogen (secondary N) is 1. The summed E-state index contributed by atoms with van der Waals surface area (Å²) in [7, 11) is 0. The van der Waals surface area contributed by atoms with Gasteiger partial charge in [-0.3, -0.25) is 9.78 Å². The van der Waals surface area contributed by atoms with Crippen LogP contribution in [-0.2, 0) is 16.0 Å². The van der Waals surface area contributed by atoms with Crippen molar-refractivity contribution < 1.29 is 9.53 Å². The molecule has 6 heteroatoms. The van der Waals surface area contributed by atoms with Crippen molar-refractivity contribution in [2.75, 3.05) is 6.61 Å². The van der Waals surface area contributed by atoms with Crippen molar-refractivity contribution in [3.63, 3.8) is 0 Å². The van der Waals surface area contributed by atoms with Crippen molar-refractivity contribution >= 4 is 5.91 Å². The summed E-state index contributed by atoms with van der Waals surface area (Å²) in [5.41, 5.74) is 3.05. The van der Waals surface area contributed by atoms with E-state index in [1.807, 2.05) is 18.3 Å². The van der Waals surface area contributed by atoms with E-state index in [9.17, 15) is 4.79 Å². The van der Waals surface area contributed by atoms with Crippen molar-refractivity contribution in [2.24, 2.45) is 5.41 Å². The molecule has 0 bridgehead atoms. The Morgan fingerprint density at radius 1 is 1.31 bits per heavy atom. The summed E-state index contributed by atoms with van der Waals surface area (Å²) >= 11 is 0. The first-order valence-corrected chi connectivity index (χ1v) is 9.20. The van der Waals surface area contributed by atoms with E-state index in [1.165, 1.54) is 0 Å². The topological polar surface area (TPSA) is 77.0 Å². The quantitative estimate of drug-likeness (QED) is 0.919. The minimum absolute atomic E-state index is 0.0191. The molecule has 1 amide bonds. The summed E-state index contributed by atoms with van der Waals surface area (Å²) in [5, 5.41) is 3.18. The smallest absolute Gasteiger partial charge is 0.249 e. The number of carbonyl (C=O) groups excluding carboxylic acids is 1. The Morgan fingerprint density at radius 3 is 2.85 bits per heavy atom. The van der Waals surface area contributed by atoms with Gasteiger partial charge >= 0.3 is 0 Å². The average molecular weight is 352 g/mol. The van der Waals surface area contributed by atoms with Crippen LogP contribution in [0.25, 0.3) is 11.4 Å². The van der Waals surface area contributed by atoms with Crippen LogP contribution in [0.5, 0.6) is 0 Å². The second kappa shape index (κ2) is 6.76. The van der Waals surface area contributed by atoms with Crippen LogP contribution in [0.4, 0.5) is 0 Å². The van der Waals surface area contributed by atoms with Crippen molar-refractivity contribution in [1.29, 1.82) is 0 Å². The molecule has 0 spiro atoms. The predicted molar refractivity (Wildman–Crippen MR) is 97.2 cm³/mol. The van der Waals surface area contributed by atoms with E-state index in [2.05, 4.69) is 29.1 Å². The van der Waals surface area contributed by atoms with Crippen LogP contribution in [0.1, 0.15) is 50.4 Å². The van der Waals surface area contributed by atoms with E-state index in [-0.39, 0.29) is 23.5 Å². The molecule has 136 valence electrons. The molecular weight excluding hydrogens is 328 g/mol. The summed E-state index contributed by atoms with van der Waals surface area (Å²) < 4.78 is 5.52. The Morgan fingerprint density at radius 2 is 2.12 bits per heavy atom. The summed E-state index contributed by atoms with van der Waals surface area (Å²) in [5.74, 6) is 0.683. The lowest BCUT2D eigenvalue weighted by Crippen LogP contribution is -2.41. The van der Waals surface area contributed by atoms with E-state index in [0.29, 0.717) is 12.4 Å². The number of nitrogens with zero attached hydrogens (tertiary/aromatic N) is 3. The third-order valence-corrected chi connectivity index (χ3v) is 5.16. The molecule has 0 saturated carbocycles. The Balaban J connectivity index is 1.63. The van der Waals surface area contributed by atoms with Crippen molar-refractivity contribution in [3.05, 3.63) is 42.0 Å². The lowest BCUT2D eigenvalue weighted by atomic mass is 9.74. The first-order chi connectivity index (χ1) is 12.5. The summed E-state index contributed by atoms with van der Waals surface area (Å²) in [4.78, 5) is 25.9. The number of rotatable bonds is 3. The summed E-state index contributed by atoms with van der Waals surface area (Å²) in [6, 6.07) is 3.75. The van der Waals surface area contributed by atoms with Crippen LogP contribution in [-0.4, -0.2) is 33.6 Å². The lowest BCUT2D eigenvalue weighted by Gasteiger charge is -2.36. The molecule has 2 aromatic heterocycles. The van der Waals surface area contributed by atoms with Gasteiger partial charge in [-0.1, -0.05) is 13.8 Å². The first-order valence-electron chi connectivity index (χ1n) is 9.20. The van der Waals surface area contributed by atoms with Crippen LogP contribution in [0.15, 0.2) is 30.7 Å². The maximum atomic E-state index is 12.5. The molecule has 1 aliphatic carbocycles. The molecular formula is C20H24N4O2. The Labute approximate surface area is 153 Å². The highest BCUT2D eigenvalue weighted by Crippen LogP contribution is 2.40. The Bertz CT molecular complexity index is 801. The van der Waals surface area contributed by atoms with Gasteiger partial charge in [0, 0.05) is 36.3 Å². The Kier molecular flexibility index (Phi) is 4.44.